The summed E-state index contributed by atoms with van der Waals surface area (Å²) in [6, 6.07) is 34.5. The van der Waals surface area contributed by atoms with Gasteiger partial charge in [-0.2, -0.15) is 0 Å². The summed E-state index contributed by atoms with van der Waals surface area (Å²) < 4.78 is 4.81. The number of aromatic nitrogens is 2. The molecule has 0 N–H and O–H groups in total. The molecular weight excluding hydrogens is 400 g/mol. The van der Waals surface area contributed by atoms with Gasteiger partial charge >= 0.3 is 0 Å². The first kappa shape index (κ1) is 19.4. The Morgan fingerprint density at radius 1 is 0.606 bits per heavy atom. The largest absolute Gasteiger partial charge is 0.311 e. The van der Waals surface area contributed by atoms with Crippen LogP contribution in [-0.2, 0) is 0 Å². The number of para-hydroxylation sites is 3. The molecule has 0 atom stereocenters. The van der Waals surface area contributed by atoms with E-state index >= 15 is 0 Å². The van der Waals surface area contributed by atoms with Crippen molar-refractivity contribution in [1.82, 2.24) is 9.13 Å². The molecule has 2 heteroatoms. The molecule has 4 aromatic carbocycles. The number of hydrogen-bond acceptors (Lipinski definition) is 0. The van der Waals surface area contributed by atoms with E-state index in [2.05, 4.69) is 126 Å². The molecule has 0 fully saturated rings. The molecule has 0 aliphatic carbocycles. The molecule has 0 saturated carbocycles. The SMILES string of the molecule is C=C/C=C\c1c(C)n(-c2ccccc2)c2c1ccc1c3ccccc3n(-c3ccccc3)c12. The second kappa shape index (κ2) is 7.68. The molecule has 0 bridgehead atoms. The molecule has 33 heavy (non-hydrogen) atoms. The topological polar surface area (TPSA) is 9.86 Å². The van der Waals surface area contributed by atoms with Gasteiger partial charge in [0.2, 0.25) is 0 Å². The van der Waals surface area contributed by atoms with E-state index in [1.165, 1.54) is 44.0 Å². The van der Waals surface area contributed by atoms with Gasteiger partial charge < -0.3 is 9.13 Å². The fourth-order valence-corrected chi connectivity index (χ4v) is 5.09. The summed E-state index contributed by atoms with van der Waals surface area (Å²) in [6.07, 6.45) is 6.03. The Labute approximate surface area is 193 Å². The van der Waals surface area contributed by atoms with Crippen molar-refractivity contribution >= 4 is 38.8 Å². The molecule has 0 amide bonds. The molecule has 158 valence electrons. The fraction of sp³-hybridized carbons (Fsp3) is 0.0323. The van der Waals surface area contributed by atoms with E-state index in [0.717, 1.165) is 11.4 Å². The van der Waals surface area contributed by atoms with Crippen LogP contribution >= 0.6 is 0 Å². The molecule has 0 unspecified atom stereocenters. The van der Waals surface area contributed by atoms with Crippen LogP contribution in [0.4, 0.5) is 0 Å². The van der Waals surface area contributed by atoms with Gasteiger partial charge in [-0.05, 0) is 37.3 Å². The maximum absolute atomic E-state index is 3.89. The molecule has 2 heterocycles. The summed E-state index contributed by atoms with van der Waals surface area (Å²) in [6.45, 7) is 6.09. The van der Waals surface area contributed by atoms with Gasteiger partial charge in [0.15, 0.2) is 0 Å². The van der Waals surface area contributed by atoms with Crippen LogP contribution in [-0.4, -0.2) is 9.13 Å². The second-order valence-corrected chi connectivity index (χ2v) is 8.31. The molecule has 2 aromatic heterocycles. The summed E-state index contributed by atoms with van der Waals surface area (Å²) in [7, 11) is 0. The molecule has 0 aliphatic heterocycles. The zero-order valence-corrected chi connectivity index (χ0v) is 18.6. The Morgan fingerprint density at radius 3 is 1.88 bits per heavy atom. The minimum atomic E-state index is 1.16. The van der Waals surface area contributed by atoms with Crippen molar-refractivity contribution in [2.24, 2.45) is 0 Å². The standard InChI is InChI=1S/C31H24N2/c1-3-4-17-25-22(2)32(23-13-7-5-8-14-23)30-27(25)20-21-28-26-18-11-12-19-29(26)33(31(28)30)24-15-9-6-10-16-24/h3-21H,1H2,2H3/b17-4-. The first-order valence-electron chi connectivity index (χ1n) is 11.3. The molecule has 2 nitrogen and oxygen atoms in total. The van der Waals surface area contributed by atoms with Crippen molar-refractivity contribution in [3.63, 3.8) is 0 Å². The lowest BCUT2D eigenvalue weighted by atomic mass is 10.1. The monoisotopic (exact) mass is 424 g/mol. The lowest BCUT2D eigenvalue weighted by molar-refractivity contribution is 1.05. The normalized spacial score (nSPS) is 11.8. The summed E-state index contributed by atoms with van der Waals surface area (Å²) in [4.78, 5) is 0. The third-order valence-electron chi connectivity index (χ3n) is 6.48. The van der Waals surface area contributed by atoms with E-state index in [1.807, 2.05) is 12.2 Å². The lowest BCUT2D eigenvalue weighted by Gasteiger charge is -2.12. The molecule has 6 aromatic rings. The van der Waals surface area contributed by atoms with E-state index in [-0.39, 0.29) is 0 Å². The zero-order valence-electron chi connectivity index (χ0n) is 18.6. The number of fused-ring (bicyclic) bond motifs is 5. The van der Waals surface area contributed by atoms with Crippen LogP contribution in [0.1, 0.15) is 11.3 Å². The van der Waals surface area contributed by atoms with Crippen LogP contribution in [0.15, 0.2) is 116 Å². The highest BCUT2D eigenvalue weighted by Gasteiger charge is 2.21. The van der Waals surface area contributed by atoms with Gasteiger partial charge in [0, 0.05) is 38.8 Å². The van der Waals surface area contributed by atoms with Crippen molar-refractivity contribution in [3.05, 3.63) is 127 Å². The number of benzene rings is 4. The molecule has 6 rings (SSSR count). The predicted octanol–water partition coefficient (Wildman–Crippen LogP) is 8.24. The van der Waals surface area contributed by atoms with E-state index in [4.69, 9.17) is 0 Å². The second-order valence-electron chi connectivity index (χ2n) is 8.31. The summed E-state index contributed by atoms with van der Waals surface area (Å²) in [5.74, 6) is 0. The van der Waals surface area contributed by atoms with Crippen LogP contribution in [0.3, 0.4) is 0 Å². The molecular formula is C31H24N2. The number of rotatable bonds is 4. The molecule has 0 radical (unpaired) electrons. The maximum atomic E-state index is 3.89. The van der Waals surface area contributed by atoms with Gasteiger partial charge in [-0.15, -0.1) is 0 Å². The zero-order chi connectivity index (χ0) is 22.4. The maximum Gasteiger partial charge on any atom is 0.0788 e. The highest BCUT2D eigenvalue weighted by atomic mass is 15.0. The van der Waals surface area contributed by atoms with E-state index in [9.17, 15) is 0 Å². The molecule has 0 spiro atoms. The van der Waals surface area contributed by atoms with Gasteiger partial charge in [0.25, 0.3) is 0 Å². The van der Waals surface area contributed by atoms with Gasteiger partial charge in [-0.25, -0.2) is 0 Å². The first-order chi connectivity index (χ1) is 16.3. The summed E-state index contributed by atoms with van der Waals surface area (Å²) >= 11 is 0. The Morgan fingerprint density at radius 2 is 1.18 bits per heavy atom. The van der Waals surface area contributed by atoms with Gasteiger partial charge in [0.1, 0.15) is 0 Å². The van der Waals surface area contributed by atoms with Crippen molar-refractivity contribution in [1.29, 1.82) is 0 Å². The average molecular weight is 425 g/mol. The first-order valence-corrected chi connectivity index (χ1v) is 11.3. The van der Waals surface area contributed by atoms with E-state index in [1.54, 1.807) is 0 Å². The summed E-state index contributed by atoms with van der Waals surface area (Å²) in [5.41, 5.74) is 8.43. The fourth-order valence-electron chi connectivity index (χ4n) is 5.09. The van der Waals surface area contributed by atoms with Gasteiger partial charge in [-0.3, -0.25) is 0 Å². The Bertz CT molecular complexity index is 1660. The Balaban J connectivity index is 1.89. The quantitative estimate of drug-likeness (QED) is 0.252. The number of allylic oxidation sites excluding steroid dienone is 2. The molecule has 0 saturated heterocycles. The average Bonchev–Trinajstić information content (AvgIpc) is 3.35. The number of hydrogen-bond donors (Lipinski definition) is 0. The predicted molar refractivity (Wildman–Crippen MR) is 142 cm³/mol. The highest BCUT2D eigenvalue weighted by Crippen LogP contribution is 2.40. The molecule has 0 aliphatic rings. The van der Waals surface area contributed by atoms with Crippen LogP contribution in [0.2, 0.25) is 0 Å². The van der Waals surface area contributed by atoms with Crippen LogP contribution in [0.5, 0.6) is 0 Å². The van der Waals surface area contributed by atoms with Crippen molar-refractivity contribution in [2.75, 3.05) is 0 Å². The Kier molecular flexibility index (Phi) is 4.51. The van der Waals surface area contributed by atoms with Crippen LogP contribution in [0.25, 0.3) is 50.2 Å². The number of nitrogens with zero attached hydrogens (tertiary/aromatic N) is 2. The highest BCUT2D eigenvalue weighted by molar-refractivity contribution is 6.19. The van der Waals surface area contributed by atoms with Gasteiger partial charge in [-0.1, -0.05) is 91.5 Å². The van der Waals surface area contributed by atoms with Gasteiger partial charge in [0.05, 0.1) is 16.6 Å². The van der Waals surface area contributed by atoms with Crippen LogP contribution in [0, 0.1) is 6.92 Å². The van der Waals surface area contributed by atoms with Crippen molar-refractivity contribution < 1.29 is 0 Å². The third kappa shape index (κ3) is 2.88. The minimum Gasteiger partial charge on any atom is -0.311 e. The lowest BCUT2D eigenvalue weighted by Crippen LogP contribution is -1.99. The summed E-state index contributed by atoms with van der Waals surface area (Å²) in [5, 5.41) is 3.76. The van der Waals surface area contributed by atoms with Crippen molar-refractivity contribution in [2.45, 2.75) is 6.92 Å². The van der Waals surface area contributed by atoms with E-state index in [0.29, 0.717) is 0 Å². The smallest absolute Gasteiger partial charge is 0.0788 e. The third-order valence-corrected chi connectivity index (χ3v) is 6.48. The van der Waals surface area contributed by atoms with Crippen molar-refractivity contribution in [3.8, 4) is 11.4 Å². The Hall–Kier alpha value is -4.30. The van der Waals surface area contributed by atoms with Crippen LogP contribution < -0.4 is 0 Å². The minimum absolute atomic E-state index is 1.16. The van der Waals surface area contributed by atoms with E-state index < -0.39 is 0 Å².